The summed E-state index contributed by atoms with van der Waals surface area (Å²) in [5.41, 5.74) is 1.32. The highest BCUT2D eigenvalue weighted by molar-refractivity contribution is 7.09. The third-order valence-electron chi connectivity index (χ3n) is 4.69. The number of aromatic nitrogens is 1. The second-order valence-corrected chi connectivity index (χ2v) is 7.64. The van der Waals surface area contributed by atoms with Gasteiger partial charge >= 0.3 is 0 Å². The maximum absolute atomic E-state index is 4.84. The van der Waals surface area contributed by atoms with Crippen molar-refractivity contribution < 1.29 is 0 Å². The van der Waals surface area contributed by atoms with Gasteiger partial charge in [-0.05, 0) is 59.4 Å². The Bertz CT molecular complexity index is 452. The number of rotatable bonds is 4. The van der Waals surface area contributed by atoms with Crippen LogP contribution in [0.1, 0.15) is 56.7 Å². The summed E-state index contributed by atoms with van der Waals surface area (Å²) >= 11 is 1.85. The molecule has 1 aromatic rings. The fraction of sp³-hybridized carbons (Fsp3) is 0.812. The van der Waals surface area contributed by atoms with Gasteiger partial charge in [0.15, 0.2) is 0 Å². The van der Waals surface area contributed by atoms with Crippen LogP contribution in [-0.2, 0) is 5.54 Å². The average molecular weight is 293 g/mol. The maximum Gasteiger partial charge on any atom is 0.113 e. The van der Waals surface area contributed by atoms with Gasteiger partial charge in [-0.3, -0.25) is 0 Å². The minimum Gasteiger partial charge on any atom is -0.303 e. The first kappa shape index (κ1) is 14.5. The highest BCUT2D eigenvalue weighted by Crippen LogP contribution is 2.38. The molecule has 20 heavy (non-hydrogen) atoms. The minimum atomic E-state index is 0.143. The van der Waals surface area contributed by atoms with Crippen LogP contribution in [0.15, 0.2) is 5.38 Å². The molecule has 1 unspecified atom stereocenters. The van der Waals surface area contributed by atoms with Crippen LogP contribution >= 0.6 is 11.3 Å². The molecule has 2 aliphatic rings. The number of nitrogens with zero attached hydrogens (tertiary/aromatic N) is 2. The molecule has 1 saturated carbocycles. The van der Waals surface area contributed by atoms with E-state index in [9.17, 15) is 0 Å². The Kier molecular flexibility index (Phi) is 4.16. The van der Waals surface area contributed by atoms with E-state index < -0.39 is 0 Å². The third kappa shape index (κ3) is 3.07. The van der Waals surface area contributed by atoms with Crippen molar-refractivity contribution >= 4 is 11.3 Å². The second-order valence-electron chi connectivity index (χ2n) is 6.78. The van der Waals surface area contributed by atoms with E-state index in [1.807, 2.05) is 11.3 Å². The Morgan fingerprint density at radius 3 is 2.75 bits per heavy atom. The van der Waals surface area contributed by atoms with Gasteiger partial charge in [0.25, 0.3) is 0 Å². The van der Waals surface area contributed by atoms with Crippen LogP contribution in [0.25, 0.3) is 0 Å². The number of hydrogen-bond acceptors (Lipinski definition) is 4. The van der Waals surface area contributed by atoms with Gasteiger partial charge in [-0.2, -0.15) is 0 Å². The number of aryl methyl sites for hydroxylation is 1. The average Bonchev–Trinajstić information content (AvgIpc) is 3.15. The van der Waals surface area contributed by atoms with Crippen molar-refractivity contribution in [2.75, 3.05) is 13.1 Å². The molecule has 2 fully saturated rings. The van der Waals surface area contributed by atoms with Crippen LogP contribution in [0, 0.1) is 6.92 Å². The number of nitrogens with one attached hydrogen (secondary N) is 1. The monoisotopic (exact) mass is 293 g/mol. The zero-order chi connectivity index (χ0) is 14.2. The smallest absolute Gasteiger partial charge is 0.113 e. The highest BCUT2D eigenvalue weighted by atomic mass is 32.1. The number of thiazole rings is 1. The van der Waals surface area contributed by atoms with E-state index in [1.54, 1.807) is 0 Å². The summed E-state index contributed by atoms with van der Waals surface area (Å²) in [6.45, 7) is 9.16. The van der Waals surface area contributed by atoms with Gasteiger partial charge in [-0.1, -0.05) is 0 Å². The Morgan fingerprint density at radius 1 is 1.35 bits per heavy atom. The van der Waals surface area contributed by atoms with E-state index in [1.165, 1.54) is 55.9 Å². The first-order chi connectivity index (χ1) is 9.59. The lowest BCUT2D eigenvalue weighted by molar-refractivity contribution is 0.216. The highest BCUT2D eigenvalue weighted by Gasteiger charge is 2.41. The molecule has 0 bridgehead atoms. The lowest BCUT2D eigenvalue weighted by Gasteiger charge is -2.33. The fourth-order valence-electron chi connectivity index (χ4n) is 3.28. The van der Waals surface area contributed by atoms with Crippen molar-refractivity contribution in [1.82, 2.24) is 15.2 Å². The van der Waals surface area contributed by atoms with Gasteiger partial charge in [0.1, 0.15) is 5.01 Å². The molecule has 0 aromatic carbocycles. The van der Waals surface area contributed by atoms with Gasteiger partial charge in [0, 0.05) is 29.7 Å². The predicted octanol–water partition coefficient (Wildman–Crippen LogP) is 3.29. The van der Waals surface area contributed by atoms with E-state index in [2.05, 4.69) is 36.4 Å². The summed E-state index contributed by atoms with van der Waals surface area (Å²) < 4.78 is 0. The third-order valence-corrected chi connectivity index (χ3v) is 5.86. The van der Waals surface area contributed by atoms with Crippen molar-refractivity contribution in [3.63, 3.8) is 0 Å². The van der Waals surface area contributed by atoms with Crippen molar-refractivity contribution in [3.8, 4) is 0 Å². The fourth-order valence-corrected chi connectivity index (χ4v) is 4.30. The lowest BCUT2D eigenvalue weighted by atomic mass is 9.91. The van der Waals surface area contributed by atoms with Crippen LogP contribution in [-0.4, -0.2) is 35.1 Å². The summed E-state index contributed by atoms with van der Waals surface area (Å²) in [6, 6.07) is 1.40. The molecule has 0 spiro atoms. The van der Waals surface area contributed by atoms with Crippen molar-refractivity contribution in [1.29, 1.82) is 0 Å². The summed E-state index contributed by atoms with van der Waals surface area (Å²) in [6.07, 6.45) is 6.41. The molecule has 3 nitrogen and oxygen atoms in total. The van der Waals surface area contributed by atoms with Gasteiger partial charge in [-0.15, -0.1) is 11.3 Å². The molecule has 1 aliphatic heterocycles. The van der Waals surface area contributed by atoms with Gasteiger partial charge < -0.3 is 10.2 Å². The molecule has 1 aliphatic carbocycles. The van der Waals surface area contributed by atoms with Crippen LogP contribution in [0.4, 0.5) is 0 Å². The van der Waals surface area contributed by atoms with Crippen LogP contribution < -0.4 is 5.32 Å². The standard InChI is InChI=1S/C16H27N3S/c1-12(2)19-9-4-7-16(8-10-19,18-14-5-6-14)15-17-13(3)11-20-15/h11-12,14,18H,4-10H2,1-3H3. The van der Waals surface area contributed by atoms with Gasteiger partial charge in [-0.25, -0.2) is 4.98 Å². The van der Waals surface area contributed by atoms with Crippen LogP contribution in [0.3, 0.4) is 0 Å². The summed E-state index contributed by atoms with van der Waals surface area (Å²) in [7, 11) is 0. The quantitative estimate of drug-likeness (QED) is 0.923. The van der Waals surface area contributed by atoms with Crippen LogP contribution in [0.5, 0.6) is 0 Å². The molecule has 2 heterocycles. The van der Waals surface area contributed by atoms with Crippen LogP contribution in [0.2, 0.25) is 0 Å². The van der Waals surface area contributed by atoms with Crippen molar-refractivity contribution in [2.45, 2.75) is 70.5 Å². The predicted molar refractivity (Wildman–Crippen MR) is 85.2 cm³/mol. The van der Waals surface area contributed by atoms with Gasteiger partial charge in [0.05, 0.1) is 5.54 Å². The largest absolute Gasteiger partial charge is 0.303 e. The number of likely N-dealkylation sites (tertiary alicyclic amines) is 1. The molecule has 0 radical (unpaired) electrons. The Balaban J connectivity index is 1.82. The zero-order valence-corrected chi connectivity index (χ0v) is 13.8. The molecule has 112 valence electrons. The van der Waals surface area contributed by atoms with Crippen molar-refractivity contribution in [3.05, 3.63) is 16.1 Å². The minimum absolute atomic E-state index is 0.143. The Hall–Kier alpha value is -0.450. The molecule has 4 heteroatoms. The van der Waals surface area contributed by atoms with E-state index in [-0.39, 0.29) is 5.54 Å². The van der Waals surface area contributed by atoms with E-state index in [4.69, 9.17) is 4.98 Å². The molecule has 1 N–H and O–H groups in total. The normalized spacial score (nSPS) is 28.8. The van der Waals surface area contributed by atoms with E-state index >= 15 is 0 Å². The summed E-state index contributed by atoms with van der Waals surface area (Å²) in [5.74, 6) is 0. The summed E-state index contributed by atoms with van der Waals surface area (Å²) in [4.78, 5) is 7.46. The topological polar surface area (TPSA) is 28.2 Å². The number of hydrogen-bond donors (Lipinski definition) is 1. The molecule has 1 saturated heterocycles. The molecule has 1 atom stereocenters. The molecular weight excluding hydrogens is 266 g/mol. The molecule has 1 aromatic heterocycles. The van der Waals surface area contributed by atoms with E-state index in [0.29, 0.717) is 6.04 Å². The van der Waals surface area contributed by atoms with E-state index in [0.717, 1.165) is 6.04 Å². The van der Waals surface area contributed by atoms with Crippen molar-refractivity contribution in [2.24, 2.45) is 0 Å². The summed E-state index contributed by atoms with van der Waals surface area (Å²) in [5, 5.41) is 7.49. The first-order valence-corrected chi connectivity index (χ1v) is 8.91. The first-order valence-electron chi connectivity index (χ1n) is 8.03. The maximum atomic E-state index is 4.84. The molecular formula is C16H27N3S. The lowest BCUT2D eigenvalue weighted by Crippen LogP contribution is -2.44. The molecule has 0 amide bonds. The van der Waals surface area contributed by atoms with Gasteiger partial charge in [0.2, 0.25) is 0 Å². The Morgan fingerprint density at radius 2 is 2.15 bits per heavy atom. The SMILES string of the molecule is Cc1csc(C2(NC3CC3)CCCN(C(C)C)CC2)n1. The molecule has 3 rings (SSSR count). The Labute approximate surface area is 126 Å². The second kappa shape index (κ2) is 5.74. The zero-order valence-electron chi connectivity index (χ0n) is 13.0.